The second kappa shape index (κ2) is 11.2. The van der Waals surface area contributed by atoms with E-state index in [2.05, 4.69) is 59.2 Å². The highest BCUT2D eigenvalue weighted by molar-refractivity contribution is 5.42. The highest BCUT2D eigenvalue weighted by atomic mass is 16.5. The van der Waals surface area contributed by atoms with Gasteiger partial charge in [-0.25, -0.2) is 0 Å². The van der Waals surface area contributed by atoms with E-state index in [1.54, 1.807) is 21.1 Å². The van der Waals surface area contributed by atoms with E-state index in [4.69, 9.17) is 9.47 Å². The molecule has 2 atom stereocenters. The third kappa shape index (κ3) is 7.94. The first kappa shape index (κ1) is 15.7. The van der Waals surface area contributed by atoms with Gasteiger partial charge in [0.15, 0.2) is 0 Å². The molecule has 90 valence electrons. The average Bonchev–Trinajstić information content (AvgIpc) is 2.40. The Bertz CT molecular complexity index is 545. The van der Waals surface area contributed by atoms with E-state index in [0.29, 0.717) is 0 Å². The van der Waals surface area contributed by atoms with Crippen molar-refractivity contribution in [2.75, 3.05) is 14.2 Å². The molecular weight excluding hydrogens is 224 g/mol. The molecule has 0 amide bonds. The third-order valence-electron chi connectivity index (χ3n) is 1.83. The summed E-state index contributed by atoms with van der Waals surface area (Å²) in [5.74, 6) is 26.1. The molecule has 2 unspecified atom stereocenters. The van der Waals surface area contributed by atoms with Crippen LogP contribution >= 0.6 is 0 Å². The van der Waals surface area contributed by atoms with Crippen molar-refractivity contribution in [3.8, 4) is 59.2 Å². The van der Waals surface area contributed by atoms with Crippen LogP contribution in [0, 0.1) is 59.2 Å². The quantitative estimate of drug-likeness (QED) is 0.685. The summed E-state index contributed by atoms with van der Waals surface area (Å²) in [5, 5.41) is 0. The van der Waals surface area contributed by atoms with Crippen LogP contribution in [-0.4, -0.2) is 26.4 Å². The summed E-state index contributed by atoms with van der Waals surface area (Å²) in [5.41, 5.74) is 0. The standard InChI is InChI=1S/C16H14O2/c1-5-6-7-8-9-10-11-12-13-14-16(18-4)15(2)17-3/h15-16H,1-4H3. The Morgan fingerprint density at radius 3 is 1.67 bits per heavy atom. The molecule has 0 N–H and O–H groups in total. The Labute approximate surface area is 109 Å². The number of rotatable bonds is 3. The third-order valence-corrected chi connectivity index (χ3v) is 1.83. The van der Waals surface area contributed by atoms with Crippen molar-refractivity contribution in [3.63, 3.8) is 0 Å². The van der Waals surface area contributed by atoms with Gasteiger partial charge in [-0.3, -0.25) is 0 Å². The minimum atomic E-state index is -0.295. The molecule has 0 saturated carbocycles. The summed E-state index contributed by atoms with van der Waals surface area (Å²) in [6, 6.07) is 0. The maximum absolute atomic E-state index is 5.14. The van der Waals surface area contributed by atoms with E-state index in [1.165, 1.54) is 0 Å². The summed E-state index contributed by atoms with van der Waals surface area (Å²) in [6.07, 6.45) is -0.397. The largest absolute Gasteiger partial charge is 0.378 e. The molecule has 0 aromatic carbocycles. The lowest BCUT2D eigenvalue weighted by molar-refractivity contribution is 0.00432. The lowest BCUT2D eigenvalue weighted by Gasteiger charge is -2.14. The summed E-state index contributed by atoms with van der Waals surface area (Å²) in [6.45, 7) is 3.59. The van der Waals surface area contributed by atoms with E-state index in [0.717, 1.165) is 0 Å². The molecule has 0 bridgehead atoms. The summed E-state index contributed by atoms with van der Waals surface area (Å²) < 4.78 is 10.2. The molecule has 0 aliphatic carbocycles. The molecule has 0 aromatic heterocycles. The first-order chi connectivity index (χ1) is 8.76. The van der Waals surface area contributed by atoms with Crippen molar-refractivity contribution >= 4 is 0 Å². The van der Waals surface area contributed by atoms with Crippen LogP contribution in [0.15, 0.2) is 0 Å². The van der Waals surface area contributed by atoms with Gasteiger partial charge in [0, 0.05) is 14.2 Å². The van der Waals surface area contributed by atoms with Crippen molar-refractivity contribution in [1.29, 1.82) is 0 Å². The molecule has 0 aliphatic heterocycles. The van der Waals surface area contributed by atoms with Crippen LogP contribution < -0.4 is 0 Å². The van der Waals surface area contributed by atoms with Gasteiger partial charge in [-0.2, -0.15) is 0 Å². The molecule has 0 spiro atoms. The van der Waals surface area contributed by atoms with E-state index < -0.39 is 0 Å². The van der Waals surface area contributed by atoms with Gasteiger partial charge >= 0.3 is 0 Å². The van der Waals surface area contributed by atoms with Crippen molar-refractivity contribution in [3.05, 3.63) is 0 Å². The molecule has 2 nitrogen and oxygen atoms in total. The molecule has 0 radical (unpaired) electrons. The van der Waals surface area contributed by atoms with Crippen molar-refractivity contribution in [2.24, 2.45) is 0 Å². The van der Waals surface area contributed by atoms with Crippen LogP contribution in [0.1, 0.15) is 13.8 Å². The number of ether oxygens (including phenoxy) is 2. The van der Waals surface area contributed by atoms with Gasteiger partial charge < -0.3 is 9.47 Å². The van der Waals surface area contributed by atoms with Crippen LogP contribution in [0.5, 0.6) is 0 Å². The molecule has 0 saturated heterocycles. The predicted molar refractivity (Wildman–Crippen MR) is 71.8 cm³/mol. The van der Waals surface area contributed by atoms with Gasteiger partial charge in [0.1, 0.15) is 6.10 Å². The Morgan fingerprint density at radius 2 is 1.22 bits per heavy atom. The SMILES string of the molecule is CC#CC#CC#CC#CC#CC(OC)C(C)OC. The Hall–Kier alpha value is -2.28. The first-order valence-corrected chi connectivity index (χ1v) is 5.24. The second-order valence-electron chi connectivity index (χ2n) is 2.99. The minimum Gasteiger partial charge on any atom is -0.378 e. The highest BCUT2D eigenvalue weighted by Crippen LogP contribution is 1.99. The van der Waals surface area contributed by atoms with E-state index in [-0.39, 0.29) is 12.2 Å². The van der Waals surface area contributed by atoms with Crippen LogP contribution in [0.2, 0.25) is 0 Å². The molecule has 0 heterocycles. The maximum atomic E-state index is 5.14. The zero-order valence-corrected chi connectivity index (χ0v) is 11.0. The number of hydrogen-bond donors (Lipinski definition) is 0. The lowest BCUT2D eigenvalue weighted by Crippen LogP contribution is -2.25. The van der Waals surface area contributed by atoms with Crippen molar-refractivity contribution < 1.29 is 9.47 Å². The maximum Gasteiger partial charge on any atom is 0.144 e. The van der Waals surface area contributed by atoms with E-state index >= 15 is 0 Å². The van der Waals surface area contributed by atoms with Crippen LogP contribution in [0.3, 0.4) is 0 Å². The second-order valence-corrected chi connectivity index (χ2v) is 2.99. The highest BCUT2D eigenvalue weighted by Gasteiger charge is 2.11. The normalized spacial score (nSPS) is 10.2. The molecule has 18 heavy (non-hydrogen) atoms. The molecule has 2 heteroatoms. The van der Waals surface area contributed by atoms with Gasteiger partial charge in [-0.15, -0.1) is 0 Å². The van der Waals surface area contributed by atoms with Crippen molar-refractivity contribution in [2.45, 2.75) is 26.1 Å². The van der Waals surface area contributed by atoms with E-state index in [9.17, 15) is 0 Å². The monoisotopic (exact) mass is 238 g/mol. The Morgan fingerprint density at radius 1 is 0.722 bits per heavy atom. The molecule has 0 fully saturated rings. The lowest BCUT2D eigenvalue weighted by atomic mass is 10.2. The fourth-order valence-corrected chi connectivity index (χ4v) is 0.849. The minimum absolute atomic E-state index is 0.103. The van der Waals surface area contributed by atoms with Crippen LogP contribution in [0.4, 0.5) is 0 Å². The number of methoxy groups -OCH3 is 2. The van der Waals surface area contributed by atoms with Gasteiger partial charge in [0.2, 0.25) is 0 Å². The zero-order chi connectivity index (χ0) is 13.6. The van der Waals surface area contributed by atoms with Gasteiger partial charge in [0.05, 0.1) is 6.10 Å². The number of hydrogen-bond acceptors (Lipinski definition) is 2. The van der Waals surface area contributed by atoms with Gasteiger partial charge in [-0.05, 0) is 61.2 Å². The molecule has 0 aliphatic rings. The topological polar surface area (TPSA) is 18.5 Å². The Balaban J connectivity index is 4.41. The summed E-state index contributed by atoms with van der Waals surface area (Å²) >= 11 is 0. The van der Waals surface area contributed by atoms with Crippen LogP contribution in [0.25, 0.3) is 0 Å². The van der Waals surface area contributed by atoms with Gasteiger partial charge in [0.25, 0.3) is 0 Å². The zero-order valence-electron chi connectivity index (χ0n) is 11.0. The molecular formula is C16H14O2. The van der Waals surface area contributed by atoms with Crippen molar-refractivity contribution in [1.82, 2.24) is 0 Å². The van der Waals surface area contributed by atoms with E-state index in [1.807, 2.05) is 6.92 Å². The smallest absolute Gasteiger partial charge is 0.144 e. The molecule has 0 rings (SSSR count). The molecule has 0 aromatic rings. The fourth-order valence-electron chi connectivity index (χ4n) is 0.849. The average molecular weight is 238 g/mol. The fraction of sp³-hybridized carbons (Fsp3) is 0.375. The Kier molecular flexibility index (Phi) is 9.79. The summed E-state index contributed by atoms with van der Waals surface area (Å²) in [4.78, 5) is 0. The first-order valence-electron chi connectivity index (χ1n) is 5.24. The predicted octanol–water partition coefficient (Wildman–Crippen LogP) is 1.07. The summed E-state index contributed by atoms with van der Waals surface area (Å²) in [7, 11) is 3.18. The van der Waals surface area contributed by atoms with Crippen LogP contribution in [-0.2, 0) is 9.47 Å². The van der Waals surface area contributed by atoms with Gasteiger partial charge in [-0.1, -0.05) is 11.8 Å².